The van der Waals surface area contributed by atoms with E-state index in [2.05, 4.69) is 47.5 Å². The molecule has 0 amide bonds. The topological polar surface area (TPSA) is 60.6 Å². The van der Waals surface area contributed by atoms with Crippen LogP contribution >= 0.6 is 0 Å². The van der Waals surface area contributed by atoms with E-state index in [-0.39, 0.29) is 0 Å². The highest BCUT2D eigenvalue weighted by atomic mass is 15.4. The minimum Gasteiger partial charge on any atom is -0.313 e. The molecule has 0 saturated carbocycles. The third-order valence-corrected chi connectivity index (χ3v) is 2.88. The van der Waals surface area contributed by atoms with E-state index < -0.39 is 0 Å². The van der Waals surface area contributed by atoms with Gasteiger partial charge in [-0.25, -0.2) is 9.67 Å². The summed E-state index contributed by atoms with van der Waals surface area (Å²) in [6.45, 7) is 8.92. The van der Waals surface area contributed by atoms with E-state index in [1.54, 1.807) is 6.33 Å². The fraction of sp³-hybridized carbons (Fsp3) is 0.615. The minimum atomic E-state index is 0.318. The van der Waals surface area contributed by atoms with Crippen LogP contribution in [0.1, 0.15) is 44.6 Å². The molecule has 2 aromatic rings. The summed E-state index contributed by atoms with van der Waals surface area (Å²) in [5.74, 6) is 0.936. The molecule has 2 aromatic heterocycles. The van der Waals surface area contributed by atoms with E-state index in [9.17, 15) is 0 Å². The van der Waals surface area contributed by atoms with Gasteiger partial charge in [-0.15, -0.1) is 0 Å². The van der Waals surface area contributed by atoms with Gasteiger partial charge in [-0.05, 0) is 26.8 Å². The lowest BCUT2D eigenvalue weighted by Crippen LogP contribution is -2.13. The molecule has 0 saturated heterocycles. The van der Waals surface area contributed by atoms with Crippen LogP contribution in [0.15, 0.2) is 18.7 Å². The molecule has 1 N–H and O–H groups in total. The molecule has 0 aliphatic heterocycles. The van der Waals surface area contributed by atoms with Crippen molar-refractivity contribution in [2.24, 2.45) is 0 Å². The molecule has 0 aliphatic rings. The number of hydrogen-bond donors (Lipinski definition) is 1. The molecule has 104 valence electrons. The second-order valence-corrected chi connectivity index (χ2v) is 4.94. The molecule has 6 heteroatoms. The first-order valence-electron chi connectivity index (χ1n) is 6.81. The summed E-state index contributed by atoms with van der Waals surface area (Å²) in [4.78, 5) is 4.29. The van der Waals surface area contributed by atoms with Crippen molar-refractivity contribution in [1.82, 2.24) is 29.9 Å². The zero-order chi connectivity index (χ0) is 13.7. The summed E-state index contributed by atoms with van der Waals surface area (Å²) in [7, 11) is 0. The Bertz CT molecular complexity index is 499. The van der Waals surface area contributed by atoms with Gasteiger partial charge >= 0.3 is 0 Å². The maximum absolute atomic E-state index is 4.37. The smallest absolute Gasteiger partial charge is 0.148 e. The molecule has 0 aromatic carbocycles. The largest absolute Gasteiger partial charge is 0.313 e. The third-order valence-electron chi connectivity index (χ3n) is 2.88. The maximum Gasteiger partial charge on any atom is 0.148 e. The third kappa shape index (κ3) is 3.64. The molecule has 19 heavy (non-hydrogen) atoms. The SMILES string of the molecule is CCCNCc1cnn(Cc2ncnn2C(C)C)c1. The van der Waals surface area contributed by atoms with Crippen LogP contribution in [0, 0.1) is 0 Å². The van der Waals surface area contributed by atoms with Gasteiger partial charge in [-0.3, -0.25) is 4.68 Å². The Labute approximate surface area is 113 Å². The lowest BCUT2D eigenvalue weighted by atomic mass is 10.3. The van der Waals surface area contributed by atoms with Crippen LogP contribution in [0.4, 0.5) is 0 Å². The fourth-order valence-electron chi connectivity index (χ4n) is 1.96. The Kier molecular flexibility index (Phi) is 4.68. The molecular weight excluding hydrogens is 240 g/mol. The predicted octanol–water partition coefficient (Wildman–Crippen LogP) is 1.60. The molecule has 0 aliphatic carbocycles. The van der Waals surface area contributed by atoms with Crippen molar-refractivity contribution in [3.63, 3.8) is 0 Å². The normalized spacial score (nSPS) is 11.4. The van der Waals surface area contributed by atoms with E-state index >= 15 is 0 Å². The zero-order valence-corrected chi connectivity index (χ0v) is 11.9. The van der Waals surface area contributed by atoms with Crippen LogP contribution < -0.4 is 5.32 Å². The number of aromatic nitrogens is 5. The van der Waals surface area contributed by atoms with E-state index in [1.165, 1.54) is 5.56 Å². The van der Waals surface area contributed by atoms with E-state index in [0.717, 1.165) is 25.3 Å². The molecule has 0 unspecified atom stereocenters. The fourth-order valence-corrected chi connectivity index (χ4v) is 1.96. The molecule has 0 bridgehead atoms. The first-order valence-corrected chi connectivity index (χ1v) is 6.81. The molecule has 0 fully saturated rings. The molecule has 2 rings (SSSR count). The van der Waals surface area contributed by atoms with Gasteiger partial charge in [0.15, 0.2) is 0 Å². The number of rotatable bonds is 7. The predicted molar refractivity (Wildman–Crippen MR) is 73.7 cm³/mol. The van der Waals surface area contributed by atoms with Gasteiger partial charge in [0.2, 0.25) is 0 Å². The lowest BCUT2D eigenvalue weighted by molar-refractivity contribution is 0.488. The van der Waals surface area contributed by atoms with Crippen molar-refractivity contribution in [1.29, 1.82) is 0 Å². The lowest BCUT2D eigenvalue weighted by Gasteiger charge is -2.09. The average Bonchev–Trinajstić information content (AvgIpc) is 2.99. The second kappa shape index (κ2) is 6.47. The Morgan fingerprint density at radius 1 is 1.32 bits per heavy atom. The summed E-state index contributed by atoms with van der Waals surface area (Å²) >= 11 is 0. The van der Waals surface area contributed by atoms with Gasteiger partial charge in [0.05, 0.1) is 6.20 Å². The van der Waals surface area contributed by atoms with Crippen LogP contribution in [-0.2, 0) is 13.1 Å². The van der Waals surface area contributed by atoms with E-state index in [0.29, 0.717) is 12.6 Å². The van der Waals surface area contributed by atoms with E-state index in [1.807, 2.05) is 15.6 Å². The molecule has 0 atom stereocenters. The number of nitrogens with zero attached hydrogens (tertiary/aromatic N) is 5. The number of nitrogens with one attached hydrogen (secondary N) is 1. The Hall–Kier alpha value is -1.69. The summed E-state index contributed by atoms with van der Waals surface area (Å²) in [5.41, 5.74) is 1.20. The second-order valence-electron chi connectivity index (χ2n) is 4.94. The van der Waals surface area contributed by atoms with Crippen LogP contribution in [0.2, 0.25) is 0 Å². The van der Waals surface area contributed by atoms with Gasteiger partial charge in [0, 0.05) is 24.3 Å². The first-order chi connectivity index (χ1) is 9.20. The van der Waals surface area contributed by atoms with Crippen molar-refractivity contribution >= 4 is 0 Å². The van der Waals surface area contributed by atoms with Crippen molar-refractivity contribution in [2.75, 3.05) is 6.54 Å². The average molecular weight is 262 g/mol. The summed E-state index contributed by atoms with van der Waals surface area (Å²) in [5, 5.41) is 12.0. The first kappa shape index (κ1) is 13.7. The number of hydrogen-bond acceptors (Lipinski definition) is 4. The summed E-state index contributed by atoms with van der Waals surface area (Å²) in [6.07, 6.45) is 6.70. The molecule has 0 spiro atoms. The van der Waals surface area contributed by atoms with Crippen LogP contribution in [0.25, 0.3) is 0 Å². The van der Waals surface area contributed by atoms with Gasteiger partial charge in [0.25, 0.3) is 0 Å². The van der Waals surface area contributed by atoms with Crippen molar-refractivity contribution < 1.29 is 0 Å². The standard InChI is InChI=1S/C13H22N6/c1-4-5-14-6-12-7-16-18(8-12)9-13-15-10-17-19(13)11(2)3/h7-8,10-11,14H,4-6,9H2,1-3H3. The summed E-state index contributed by atoms with van der Waals surface area (Å²) in [6, 6.07) is 0.318. The minimum absolute atomic E-state index is 0.318. The Morgan fingerprint density at radius 2 is 2.16 bits per heavy atom. The van der Waals surface area contributed by atoms with Crippen molar-refractivity contribution in [3.05, 3.63) is 30.1 Å². The summed E-state index contributed by atoms with van der Waals surface area (Å²) < 4.78 is 3.84. The highest BCUT2D eigenvalue weighted by molar-refractivity contribution is 5.04. The van der Waals surface area contributed by atoms with Gasteiger partial charge < -0.3 is 5.32 Å². The van der Waals surface area contributed by atoms with Crippen LogP contribution in [0.5, 0.6) is 0 Å². The zero-order valence-electron chi connectivity index (χ0n) is 11.9. The van der Waals surface area contributed by atoms with Gasteiger partial charge in [0.1, 0.15) is 18.7 Å². The van der Waals surface area contributed by atoms with Crippen molar-refractivity contribution in [2.45, 2.75) is 46.3 Å². The van der Waals surface area contributed by atoms with Crippen molar-refractivity contribution in [3.8, 4) is 0 Å². The molecule has 0 radical (unpaired) electrons. The van der Waals surface area contributed by atoms with Crippen LogP contribution in [0.3, 0.4) is 0 Å². The van der Waals surface area contributed by atoms with Gasteiger partial charge in [-0.2, -0.15) is 10.2 Å². The van der Waals surface area contributed by atoms with E-state index in [4.69, 9.17) is 0 Å². The maximum atomic E-state index is 4.37. The quantitative estimate of drug-likeness (QED) is 0.770. The Morgan fingerprint density at radius 3 is 2.89 bits per heavy atom. The Balaban J connectivity index is 1.97. The highest BCUT2D eigenvalue weighted by Gasteiger charge is 2.08. The molecule has 6 nitrogen and oxygen atoms in total. The van der Waals surface area contributed by atoms with Crippen LogP contribution in [-0.4, -0.2) is 31.1 Å². The monoisotopic (exact) mass is 262 g/mol. The molecule has 2 heterocycles. The molecular formula is C13H22N6. The van der Waals surface area contributed by atoms with Gasteiger partial charge in [-0.1, -0.05) is 6.92 Å². The highest BCUT2D eigenvalue weighted by Crippen LogP contribution is 2.07.